The van der Waals surface area contributed by atoms with Gasteiger partial charge in [0.15, 0.2) is 9.84 Å². The van der Waals surface area contributed by atoms with Crippen molar-refractivity contribution >= 4 is 9.84 Å². The second-order valence-electron chi connectivity index (χ2n) is 3.67. The lowest BCUT2D eigenvalue weighted by molar-refractivity contribution is 0.281. The third kappa shape index (κ3) is 1.89. The van der Waals surface area contributed by atoms with Crippen LogP contribution in [0.5, 0.6) is 0 Å². The molecule has 0 saturated heterocycles. The first kappa shape index (κ1) is 10.6. The lowest BCUT2D eigenvalue weighted by Crippen LogP contribution is -2.09. The van der Waals surface area contributed by atoms with Crippen molar-refractivity contribution in [1.29, 1.82) is 0 Å². The molecule has 1 aromatic rings. The van der Waals surface area contributed by atoms with E-state index in [4.69, 9.17) is 5.11 Å². The van der Waals surface area contributed by atoms with Crippen molar-refractivity contribution in [1.82, 2.24) is 0 Å². The fourth-order valence-electron chi connectivity index (χ4n) is 1.43. The van der Waals surface area contributed by atoms with Crippen LogP contribution in [0.4, 0.5) is 4.39 Å². The lowest BCUT2D eigenvalue weighted by Gasteiger charge is -2.05. The van der Waals surface area contributed by atoms with Gasteiger partial charge in [-0.15, -0.1) is 0 Å². The van der Waals surface area contributed by atoms with E-state index in [2.05, 4.69) is 0 Å². The molecule has 1 N–H and O–H groups in total. The van der Waals surface area contributed by atoms with Crippen molar-refractivity contribution in [3.05, 3.63) is 29.6 Å². The van der Waals surface area contributed by atoms with Gasteiger partial charge in [-0.25, -0.2) is 12.8 Å². The van der Waals surface area contributed by atoms with Crippen LogP contribution >= 0.6 is 0 Å². The van der Waals surface area contributed by atoms with Crippen LogP contribution in [-0.2, 0) is 16.4 Å². The van der Waals surface area contributed by atoms with E-state index in [0.29, 0.717) is 18.4 Å². The monoisotopic (exact) mass is 230 g/mol. The zero-order valence-electron chi connectivity index (χ0n) is 7.98. The second kappa shape index (κ2) is 3.57. The Hall–Kier alpha value is -0.940. The van der Waals surface area contributed by atoms with Crippen LogP contribution in [-0.4, -0.2) is 18.8 Å². The van der Waals surface area contributed by atoms with Gasteiger partial charge in [0.25, 0.3) is 0 Å². The minimum Gasteiger partial charge on any atom is -0.392 e. The van der Waals surface area contributed by atoms with E-state index in [9.17, 15) is 12.8 Å². The molecular weight excluding hydrogens is 219 g/mol. The maximum absolute atomic E-state index is 13.4. The van der Waals surface area contributed by atoms with Crippen LogP contribution in [0.3, 0.4) is 0 Å². The molecule has 0 aliphatic heterocycles. The molecule has 0 aromatic heterocycles. The molecule has 1 aliphatic rings. The summed E-state index contributed by atoms with van der Waals surface area (Å²) in [5.74, 6) is -0.770. The van der Waals surface area contributed by atoms with E-state index in [1.807, 2.05) is 0 Å². The smallest absolute Gasteiger partial charge is 0.184 e. The van der Waals surface area contributed by atoms with E-state index in [0.717, 1.165) is 6.07 Å². The van der Waals surface area contributed by atoms with Crippen LogP contribution in [0.25, 0.3) is 0 Å². The SMILES string of the molecule is O=S(=O)(c1ccc(CO)cc1F)C1CC1. The average molecular weight is 230 g/mol. The number of sulfone groups is 1. The number of rotatable bonds is 3. The van der Waals surface area contributed by atoms with E-state index < -0.39 is 20.9 Å². The fraction of sp³-hybridized carbons (Fsp3) is 0.400. The molecule has 3 nitrogen and oxygen atoms in total. The Labute approximate surface area is 87.5 Å². The quantitative estimate of drug-likeness (QED) is 0.850. The Morgan fingerprint density at radius 1 is 1.40 bits per heavy atom. The van der Waals surface area contributed by atoms with Crippen molar-refractivity contribution in [3.8, 4) is 0 Å². The normalized spacial score (nSPS) is 16.7. The van der Waals surface area contributed by atoms with Crippen molar-refractivity contribution in [3.63, 3.8) is 0 Å². The molecule has 0 heterocycles. The molecule has 0 radical (unpaired) electrons. The van der Waals surface area contributed by atoms with Crippen molar-refractivity contribution in [2.24, 2.45) is 0 Å². The number of benzene rings is 1. The van der Waals surface area contributed by atoms with Crippen LogP contribution in [0.1, 0.15) is 18.4 Å². The van der Waals surface area contributed by atoms with Gasteiger partial charge in [-0.2, -0.15) is 0 Å². The molecule has 0 amide bonds. The molecule has 15 heavy (non-hydrogen) atoms. The molecular formula is C10H11FO3S. The second-order valence-corrected chi connectivity index (χ2v) is 5.86. The van der Waals surface area contributed by atoms with E-state index >= 15 is 0 Å². The Morgan fingerprint density at radius 2 is 2.07 bits per heavy atom. The van der Waals surface area contributed by atoms with Gasteiger partial charge in [-0.3, -0.25) is 0 Å². The third-order valence-corrected chi connectivity index (χ3v) is 4.74. The summed E-state index contributed by atoms with van der Waals surface area (Å²) >= 11 is 0. The zero-order valence-corrected chi connectivity index (χ0v) is 8.80. The molecule has 82 valence electrons. The molecule has 0 spiro atoms. The molecule has 1 fully saturated rings. The van der Waals surface area contributed by atoms with Crippen LogP contribution in [0.15, 0.2) is 23.1 Å². The first-order chi connectivity index (χ1) is 7.05. The van der Waals surface area contributed by atoms with Gasteiger partial charge in [0.05, 0.1) is 11.9 Å². The Morgan fingerprint density at radius 3 is 2.53 bits per heavy atom. The predicted molar refractivity (Wildman–Crippen MR) is 52.5 cm³/mol. The molecule has 5 heteroatoms. The van der Waals surface area contributed by atoms with Gasteiger partial charge in [-0.1, -0.05) is 6.07 Å². The highest BCUT2D eigenvalue weighted by Gasteiger charge is 2.38. The Balaban J connectivity index is 2.45. The topological polar surface area (TPSA) is 54.4 Å². The number of hydrogen-bond acceptors (Lipinski definition) is 3. The highest BCUT2D eigenvalue weighted by molar-refractivity contribution is 7.92. The number of aliphatic hydroxyl groups excluding tert-OH is 1. The first-order valence-corrected chi connectivity index (χ1v) is 6.23. The highest BCUT2D eigenvalue weighted by atomic mass is 32.2. The summed E-state index contributed by atoms with van der Waals surface area (Å²) in [5, 5.41) is 8.35. The van der Waals surface area contributed by atoms with Gasteiger partial charge in [0.1, 0.15) is 10.7 Å². The Bertz CT molecular complexity index is 477. The zero-order chi connectivity index (χ0) is 11.1. The van der Waals surface area contributed by atoms with Gasteiger partial charge in [0, 0.05) is 0 Å². The van der Waals surface area contributed by atoms with Gasteiger partial charge in [0.2, 0.25) is 0 Å². The molecule has 2 rings (SSSR count). The Kier molecular flexibility index (Phi) is 2.52. The summed E-state index contributed by atoms with van der Waals surface area (Å²) in [4.78, 5) is -0.248. The average Bonchev–Trinajstić information content (AvgIpc) is 3.00. The standard InChI is InChI=1S/C10H11FO3S/c11-9-5-7(6-12)1-4-10(9)15(13,14)8-2-3-8/h1,4-5,8,12H,2-3,6H2. The largest absolute Gasteiger partial charge is 0.392 e. The van der Waals surface area contributed by atoms with E-state index in [-0.39, 0.29) is 11.5 Å². The summed E-state index contributed by atoms with van der Waals surface area (Å²) < 4.78 is 36.9. The van der Waals surface area contributed by atoms with Crippen molar-refractivity contribution < 1.29 is 17.9 Å². The summed E-state index contributed by atoms with van der Waals surface area (Å²) in [6.45, 7) is -0.291. The van der Waals surface area contributed by atoms with E-state index in [1.54, 1.807) is 0 Å². The molecule has 1 saturated carbocycles. The van der Waals surface area contributed by atoms with Crippen molar-refractivity contribution in [2.45, 2.75) is 29.6 Å². The van der Waals surface area contributed by atoms with Crippen molar-refractivity contribution in [2.75, 3.05) is 0 Å². The summed E-state index contributed by atoms with van der Waals surface area (Å²) in [6.07, 6.45) is 1.23. The summed E-state index contributed by atoms with van der Waals surface area (Å²) in [5.41, 5.74) is 0.377. The van der Waals surface area contributed by atoms with Gasteiger partial charge < -0.3 is 5.11 Å². The van der Waals surface area contributed by atoms with Gasteiger partial charge in [-0.05, 0) is 30.5 Å². The summed E-state index contributed by atoms with van der Waals surface area (Å²) in [7, 11) is -3.48. The number of aliphatic hydroxyl groups is 1. The summed E-state index contributed by atoms with van der Waals surface area (Å²) in [6, 6.07) is 3.72. The first-order valence-electron chi connectivity index (χ1n) is 4.69. The van der Waals surface area contributed by atoms with Gasteiger partial charge >= 0.3 is 0 Å². The molecule has 1 aliphatic carbocycles. The van der Waals surface area contributed by atoms with Crippen LogP contribution < -0.4 is 0 Å². The van der Waals surface area contributed by atoms with Crippen LogP contribution in [0.2, 0.25) is 0 Å². The molecule has 0 bridgehead atoms. The maximum Gasteiger partial charge on any atom is 0.184 e. The lowest BCUT2D eigenvalue weighted by atomic mass is 10.2. The fourth-order valence-corrected chi connectivity index (χ4v) is 3.14. The molecule has 0 unspecified atom stereocenters. The molecule has 0 atom stereocenters. The highest BCUT2D eigenvalue weighted by Crippen LogP contribution is 2.34. The number of halogens is 1. The predicted octanol–water partition coefficient (Wildman–Crippen LogP) is 1.25. The maximum atomic E-state index is 13.4. The minimum atomic E-state index is -3.48. The van der Waals surface area contributed by atoms with E-state index in [1.165, 1.54) is 12.1 Å². The third-order valence-electron chi connectivity index (χ3n) is 2.45. The van der Waals surface area contributed by atoms with Crippen LogP contribution in [0, 0.1) is 5.82 Å². The number of hydrogen-bond donors (Lipinski definition) is 1. The molecule has 1 aromatic carbocycles. The minimum absolute atomic E-state index is 0.248.